The summed E-state index contributed by atoms with van der Waals surface area (Å²) in [5.41, 5.74) is 10.6. The van der Waals surface area contributed by atoms with Crippen molar-refractivity contribution in [2.45, 2.75) is 0 Å². The molecule has 218 valence electrons. The Morgan fingerprint density at radius 2 is 1.11 bits per heavy atom. The quantitative estimate of drug-likeness (QED) is 0.186. The smallest absolute Gasteiger partial charge is 0.147 e. The van der Waals surface area contributed by atoms with Gasteiger partial charge in [0, 0.05) is 61.5 Å². The van der Waals surface area contributed by atoms with Gasteiger partial charge in [-0.3, -0.25) is 9.38 Å². The van der Waals surface area contributed by atoms with Crippen LogP contribution in [0.1, 0.15) is 0 Å². The van der Waals surface area contributed by atoms with Crippen molar-refractivity contribution in [2.24, 2.45) is 0 Å². The summed E-state index contributed by atoms with van der Waals surface area (Å²) in [7, 11) is 0. The van der Waals surface area contributed by atoms with Gasteiger partial charge in [0.2, 0.25) is 0 Å². The molecule has 6 heteroatoms. The molecule has 6 nitrogen and oxygen atoms in total. The molecule has 0 spiro atoms. The molecular formula is C41H24N6. The highest BCUT2D eigenvalue weighted by Gasteiger charge is 2.24. The van der Waals surface area contributed by atoms with Gasteiger partial charge in [0.1, 0.15) is 16.8 Å². The standard InChI is InChI=1S/C41H24N6/c1-3-10-25(11-4-1)45-32-16-8-7-14-27(32)38-35(45)19-17-28-37-34(46(39(28)38)26-12-5-2-6-13-26)20-18-30-36(37)29-15-9-22-43-40(29)47-33-21-23-42-24-31(33)44-41(30)47/h1-24H. The van der Waals surface area contributed by atoms with Crippen LogP contribution in [0.2, 0.25) is 0 Å². The fraction of sp³-hybridized carbons (Fsp3) is 0. The second kappa shape index (κ2) is 9.02. The Kier molecular flexibility index (Phi) is 4.75. The molecule has 6 aromatic heterocycles. The minimum atomic E-state index is 0.856. The number of fused-ring (bicyclic) bond motifs is 16. The summed E-state index contributed by atoms with van der Waals surface area (Å²) in [4.78, 5) is 14.4. The molecule has 0 aliphatic heterocycles. The number of pyridine rings is 3. The molecule has 47 heavy (non-hydrogen) atoms. The first-order valence-corrected chi connectivity index (χ1v) is 15.8. The molecule has 6 heterocycles. The van der Waals surface area contributed by atoms with Crippen molar-refractivity contribution in [1.29, 1.82) is 0 Å². The van der Waals surface area contributed by atoms with E-state index in [0.717, 1.165) is 55.4 Å². The molecule has 0 saturated carbocycles. The van der Waals surface area contributed by atoms with Gasteiger partial charge in [0.25, 0.3) is 0 Å². The van der Waals surface area contributed by atoms with Crippen LogP contribution in [-0.2, 0) is 0 Å². The number of aromatic nitrogens is 6. The second-order valence-corrected chi connectivity index (χ2v) is 12.1. The van der Waals surface area contributed by atoms with Gasteiger partial charge in [-0.25, -0.2) is 9.97 Å². The molecule has 0 atom stereocenters. The summed E-state index contributed by atoms with van der Waals surface area (Å²) in [5.74, 6) is 0. The highest BCUT2D eigenvalue weighted by atomic mass is 15.1. The van der Waals surface area contributed by atoms with Gasteiger partial charge in [-0.1, -0.05) is 60.7 Å². The zero-order chi connectivity index (χ0) is 30.6. The highest BCUT2D eigenvalue weighted by Crippen LogP contribution is 2.45. The average Bonchev–Trinajstić information content (AvgIpc) is 3.80. The Morgan fingerprint density at radius 1 is 0.426 bits per heavy atom. The fourth-order valence-electron chi connectivity index (χ4n) is 7.91. The van der Waals surface area contributed by atoms with Crippen LogP contribution in [-0.4, -0.2) is 28.5 Å². The first kappa shape index (κ1) is 24.8. The summed E-state index contributed by atoms with van der Waals surface area (Å²) in [6.07, 6.45) is 5.53. The molecule has 11 rings (SSSR count). The fourth-order valence-corrected chi connectivity index (χ4v) is 7.91. The monoisotopic (exact) mass is 600 g/mol. The molecular weight excluding hydrogens is 576 g/mol. The van der Waals surface area contributed by atoms with Crippen molar-refractivity contribution in [3.05, 3.63) is 146 Å². The average molecular weight is 601 g/mol. The Balaban J connectivity index is 1.43. The molecule has 0 radical (unpaired) electrons. The first-order chi connectivity index (χ1) is 23.4. The van der Waals surface area contributed by atoms with Crippen LogP contribution in [0.25, 0.3) is 93.5 Å². The van der Waals surface area contributed by atoms with Crippen LogP contribution in [0, 0.1) is 0 Å². The number of benzene rings is 5. The van der Waals surface area contributed by atoms with Gasteiger partial charge in [-0.2, -0.15) is 0 Å². The Morgan fingerprint density at radius 3 is 1.94 bits per heavy atom. The van der Waals surface area contributed by atoms with Crippen molar-refractivity contribution < 1.29 is 0 Å². The van der Waals surface area contributed by atoms with Gasteiger partial charge in [-0.05, 0) is 66.7 Å². The number of hydrogen-bond donors (Lipinski definition) is 0. The van der Waals surface area contributed by atoms with Crippen molar-refractivity contribution in [2.75, 3.05) is 0 Å². The maximum Gasteiger partial charge on any atom is 0.147 e. The summed E-state index contributed by atoms with van der Waals surface area (Å²) in [6.45, 7) is 0. The van der Waals surface area contributed by atoms with Gasteiger partial charge in [0.15, 0.2) is 0 Å². The molecule has 0 aliphatic carbocycles. The lowest BCUT2D eigenvalue weighted by molar-refractivity contribution is 1.17. The lowest BCUT2D eigenvalue weighted by Gasteiger charge is -2.11. The first-order valence-electron chi connectivity index (χ1n) is 15.8. The Bertz CT molecular complexity index is 3060. The van der Waals surface area contributed by atoms with Gasteiger partial charge >= 0.3 is 0 Å². The molecule has 5 aromatic carbocycles. The molecule has 0 fully saturated rings. The van der Waals surface area contributed by atoms with Crippen LogP contribution in [0.5, 0.6) is 0 Å². The van der Waals surface area contributed by atoms with E-state index in [0.29, 0.717) is 0 Å². The van der Waals surface area contributed by atoms with Crippen LogP contribution >= 0.6 is 0 Å². The van der Waals surface area contributed by atoms with Gasteiger partial charge in [0.05, 0.1) is 33.8 Å². The topological polar surface area (TPSA) is 52.9 Å². The summed E-state index contributed by atoms with van der Waals surface area (Å²) >= 11 is 0. The minimum Gasteiger partial charge on any atom is -0.309 e. The lowest BCUT2D eigenvalue weighted by atomic mass is 10.0. The number of rotatable bonds is 2. The molecule has 0 N–H and O–H groups in total. The third-order valence-corrected chi connectivity index (χ3v) is 9.72. The molecule has 0 bridgehead atoms. The van der Waals surface area contributed by atoms with Crippen molar-refractivity contribution >= 4 is 82.1 Å². The van der Waals surface area contributed by atoms with Crippen LogP contribution in [0.4, 0.5) is 0 Å². The zero-order valence-corrected chi connectivity index (χ0v) is 25.0. The number of hydrogen-bond acceptors (Lipinski definition) is 3. The molecule has 0 amide bonds. The highest BCUT2D eigenvalue weighted by molar-refractivity contribution is 6.34. The summed E-state index contributed by atoms with van der Waals surface area (Å²) in [6, 6.07) is 45.5. The maximum absolute atomic E-state index is 5.12. The van der Waals surface area contributed by atoms with E-state index in [1.807, 2.05) is 30.7 Å². The van der Waals surface area contributed by atoms with E-state index in [9.17, 15) is 0 Å². The van der Waals surface area contributed by atoms with E-state index < -0.39 is 0 Å². The van der Waals surface area contributed by atoms with E-state index >= 15 is 0 Å². The largest absolute Gasteiger partial charge is 0.309 e. The Hall–Kier alpha value is -6.53. The van der Waals surface area contributed by atoms with Crippen LogP contribution in [0.3, 0.4) is 0 Å². The van der Waals surface area contributed by atoms with Crippen molar-refractivity contribution in [3.63, 3.8) is 0 Å². The van der Waals surface area contributed by atoms with E-state index in [1.165, 1.54) is 38.1 Å². The summed E-state index contributed by atoms with van der Waals surface area (Å²) in [5, 5.41) is 8.20. The normalized spacial score (nSPS) is 12.3. The second-order valence-electron chi connectivity index (χ2n) is 12.1. The van der Waals surface area contributed by atoms with Gasteiger partial charge < -0.3 is 9.13 Å². The summed E-state index contributed by atoms with van der Waals surface area (Å²) < 4.78 is 7.03. The minimum absolute atomic E-state index is 0.856. The van der Waals surface area contributed by atoms with Crippen LogP contribution < -0.4 is 0 Å². The predicted molar refractivity (Wildman–Crippen MR) is 192 cm³/mol. The van der Waals surface area contributed by atoms with E-state index in [1.54, 1.807) is 0 Å². The molecule has 0 saturated heterocycles. The number of imidazole rings is 1. The van der Waals surface area contributed by atoms with Crippen LogP contribution in [0.15, 0.2) is 146 Å². The molecule has 0 aliphatic rings. The SMILES string of the molecule is c1ccc(-n2c3ccccc3c3c2ccc2c4c5c6cccnc6n6c7ccncc7nc6c5ccc4n(-c4ccccc4)c23)cc1. The van der Waals surface area contributed by atoms with E-state index in [2.05, 4.69) is 134 Å². The van der Waals surface area contributed by atoms with Gasteiger partial charge in [-0.15, -0.1) is 0 Å². The zero-order valence-electron chi connectivity index (χ0n) is 25.0. The third kappa shape index (κ3) is 3.16. The lowest BCUT2D eigenvalue weighted by Crippen LogP contribution is -1.96. The van der Waals surface area contributed by atoms with Crippen molar-refractivity contribution in [1.82, 2.24) is 28.5 Å². The van der Waals surface area contributed by atoms with Crippen molar-refractivity contribution in [3.8, 4) is 11.4 Å². The van der Waals surface area contributed by atoms with E-state index in [4.69, 9.17) is 9.97 Å². The number of para-hydroxylation sites is 3. The third-order valence-electron chi connectivity index (χ3n) is 9.72. The van der Waals surface area contributed by atoms with E-state index in [-0.39, 0.29) is 0 Å². The Labute approximate surface area is 267 Å². The predicted octanol–water partition coefficient (Wildman–Crippen LogP) is 9.78. The molecule has 11 aromatic rings. The molecule has 0 unspecified atom stereocenters. The maximum atomic E-state index is 5.12. The number of nitrogens with zero attached hydrogens (tertiary/aromatic N) is 6.